The first-order valence-corrected chi connectivity index (χ1v) is 8.17. The number of hydrogen-bond acceptors (Lipinski definition) is 5. The fourth-order valence-corrected chi connectivity index (χ4v) is 3.17. The number of aromatic hydroxyl groups is 1. The van der Waals surface area contributed by atoms with E-state index in [1.807, 2.05) is 48.5 Å². The minimum Gasteiger partial charge on any atom is -0.508 e. The van der Waals surface area contributed by atoms with E-state index in [-0.39, 0.29) is 5.75 Å². The molecule has 6 heteroatoms. The van der Waals surface area contributed by atoms with Gasteiger partial charge in [-0.15, -0.1) is 5.10 Å². The Morgan fingerprint density at radius 1 is 0.731 bits per heavy atom. The van der Waals surface area contributed by atoms with Crippen molar-refractivity contribution in [3.63, 3.8) is 0 Å². The van der Waals surface area contributed by atoms with Gasteiger partial charge < -0.3 is 5.11 Å². The Hall–Kier alpha value is -3.80. The number of rotatable bonds is 2. The zero-order valence-electron chi connectivity index (χ0n) is 13.6. The SMILES string of the molecule is Oc1ccc(-c2nnnn2-c2c3ccccc3nc3ccccc23)cc1. The monoisotopic (exact) mass is 339 g/mol. The van der Waals surface area contributed by atoms with Gasteiger partial charge in [0, 0.05) is 16.3 Å². The molecule has 0 bridgehead atoms. The van der Waals surface area contributed by atoms with Crippen molar-refractivity contribution in [1.29, 1.82) is 0 Å². The van der Waals surface area contributed by atoms with Crippen molar-refractivity contribution < 1.29 is 5.11 Å². The van der Waals surface area contributed by atoms with Crippen LogP contribution in [0.1, 0.15) is 0 Å². The maximum atomic E-state index is 9.56. The number of aromatic nitrogens is 5. The van der Waals surface area contributed by atoms with Crippen molar-refractivity contribution >= 4 is 21.8 Å². The summed E-state index contributed by atoms with van der Waals surface area (Å²) in [4.78, 5) is 4.75. The van der Waals surface area contributed by atoms with Gasteiger partial charge in [-0.25, -0.2) is 4.98 Å². The minimum absolute atomic E-state index is 0.201. The molecule has 0 radical (unpaired) electrons. The van der Waals surface area contributed by atoms with E-state index in [2.05, 4.69) is 15.5 Å². The normalized spacial score (nSPS) is 11.2. The summed E-state index contributed by atoms with van der Waals surface area (Å²) < 4.78 is 1.73. The summed E-state index contributed by atoms with van der Waals surface area (Å²) in [7, 11) is 0. The number of pyridine rings is 1. The Morgan fingerprint density at radius 2 is 1.35 bits per heavy atom. The predicted octanol–water partition coefficient (Wildman–Crippen LogP) is 3.74. The number of para-hydroxylation sites is 2. The van der Waals surface area contributed by atoms with Crippen LogP contribution in [-0.4, -0.2) is 30.3 Å². The molecule has 0 fully saturated rings. The van der Waals surface area contributed by atoms with Crippen LogP contribution in [0, 0.1) is 0 Å². The molecule has 6 nitrogen and oxygen atoms in total. The topological polar surface area (TPSA) is 76.7 Å². The molecule has 0 aliphatic heterocycles. The van der Waals surface area contributed by atoms with Gasteiger partial charge >= 0.3 is 0 Å². The molecule has 0 amide bonds. The second-order valence-corrected chi connectivity index (χ2v) is 5.96. The number of tetrazole rings is 1. The first-order valence-electron chi connectivity index (χ1n) is 8.17. The van der Waals surface area contributed by atoms with Crippen molar-refractivity contribution in [2.45, 2.75) is 0 Å². The fourth-order valence-electron chi connectivity index (χ4n) is 3.17. The van der Waals surface area contributed by atoms with Crippen LogP contribution in [0.15, 0.2) is 72.8 Å². The van der Waals surface area contributed by atoms with Gasteiger partial charge in [-0.3, -0.25) is 0 Å². The van der Waals surface area contributed by atoms with Crippen molar-refractivity contribution in [3.8, 4) is 22.8 Å². The molecule has 0 aliphatic rings. The molecule has 26 heavy (non-hydrogen) atoms. The van der Waals surface area contributed by atoms with E-state index in [1.54, 1.807) is 28.9 Å². The molecule has 5 rings (SSSR count). The van der Waals surface area contributed by atoms with E-state index >= 15 is 0 Å². The van der Waals surface area contributed by atoms with E-state index in [1.165, 1.54) is 0 Å². The lowest BCUT2D eigenvalue weighted by Gasteiger charge is -2.12. The van der Waals surface area contributed by atoms with Gasteiger partial charge in [0.1, 0.15) is 5.75 Å². The Kier molecular flexibility index (Phi) is 3.15. The Bertz CT molecular complexity index is 1190. The lowest BCUT2D eigenvalue weighted by molar-refractivity contribution is 0.475. The van der Waals surface area contributed by atoms with Gasteiger partial charge in [0.2, 0.25) is 0 Å². The molecule has 5 aromatic rings. The van der Waals surface area contributed by atoms with Crippen LogP contribution in [0.5, 0.6) is 5.75 Å². The summed E-state index contributed by atoms with van der Waals surface area (Å²) in [5.41, 5.74) is 3.47. The van der Waals surface area contributed by atoms with Crippen LogP contribution in [0.3, 0.4) is 0 Å². The average molecular weight is 339 g/mol. The maximum Gasteiger partial charge on any atom is 0.187 e. The van der Waals surface area contributed by atoms with Crippen LogP contribution in [0.25, 0.3) is 38.9 Å². The molecule has 2 aromatic heterocycles. The van der Waals surface area contributed by atoms with Gasteiger partial charge in [-0.05, 0) is 46.8 Å². The van der Waals surface area contributed by atoms with Gasteiger partial charge in [0.25, 0.3) is 0 Å². The highest BCUT2D eigenvalue weighted by atomic mass is 16.3. The largest absolute Gasteiger partial charge is 0.508 e. The number of phenols is 1. The number of nitrogens with zero attached hydrogens (tertiary/aromatic N) is 5. The molecule has 0 saturated heterocycles. The number of benzene rings is 3. The molecular weight excluding hydrogens is 326 g/mol. The van der Waals surface area contributed by atoms with Gasteiger partial charge in [0.15, 0.2) is 5.82 Å². The van der Waals surface area contributed by atoms with Crippen LogP contribution >= 0.6 is 0 Å². The third-order valence-corrected chi connectivity index (χ3v) is 4.37. The van der Waals surface area contributed by atoms with E-state index < -0.39 is 0 Å². The van der Waals surface area contributed by atoms with Gasteiger partial charge in [-0.2, -0.15) is 4.68 Å². The van der Waals surface area contributed by atoms with E-state index in [9.17, 15) is 5.11 Å². The van der Waals surface area contributed by atoms with Crippen LogP contribution in [0.4, 0.5) is 0 Å². The highest BCUT2D eigenvalue weighted by Gasteiger charge is 2.17. The standard InChI is InChI=1S/C20H13N5O/c26-14-11-9-13(10-12-14)20-22-23-24-25(20)19-15-5-1-3-7-17(15)21-18-8-4-2-6-16(18)19/h1-12,26H. The Labute approximate surface area is 148 Å². The molecule has 0 aliphatic carbocycles. The summed E-state index contributed by atoms with van der Waals surface area (Å²) >= 11 is 0. The molecule has 2 heterocycles. The van der Waals surface area contributed by atoms with Crippen molar-refractivity contribution in [2.24, 2.45) is 0 Å². The molecule has 1 N–H and O–H groups in total. The lowest BCUT2D eigenvalue weighted by Crippen LogP contribution is -2.03. The molecule has 0 atom stereocenters. The second-order valence-electron chi connectivity index (χ2n) is 5.96. The fraction of sp³-hybridized carbons (Fsp3) is 0. The number of phenolic OH excluding ortho intramolecular Hbond substituents is 1. The zero-order valence-corrected chi connectivity index (χ0v) is 13.6. The molecule has 0 spiro atoms. The highest BCUT2D eigenvalue weighted by Crippen LogP contribution is 2.31. The molecule has 124 valence electrons. The molecular formula is C20H13N5O. The Balaban J connectivity index is 1.87. The third kappa shape index (κ3) is 2.20. The van der Waals surface area contributed by atoms with Crippen molar-refractivity contribution in [3.05, 3.63) is 72.8 Å². The van der Waals surface area contributed by atoms with Crippen LogP contribution in [-0.2, 0) is 0 Å². The average Bonchev–Trinajstić information content (AvgIpc) is 3.16. The van der Waals surface area contributed by atoms with Crippen molar-refractivity contribution in [1.82, 2.24) is 25.2 Å². The highest BCUT2D eigenvalue weighted by molar-refractivity contribution is 6.03. The summed E-state index contributed by atoms with van der Waals surface area (Å²) in [5.74, 6) is 0.805. The minimum atomic E-state index is 0.201. The quantitative estimate of drug-likeness (QED) is 0.496. The predicted molar refractivity (Wildman–Crippen MR) is 99.1 cm³/mol. The van der Waals surface area contributed by atoms with E-state index in [0.717, 1.165) is 33.1 Å². The zero-order chi connectivity index (χ0) is 17.5. The molecule has 0 saturated carbocycles. The molecule has 0 unspecified atom stereocenters. The summed E-state index contributed by atoms with van der Waals surface area (Å²) in [5, 5.41) is 23.8. The van der Waals surface area contributed by atoms with E-state index in [0.29, 0.717) is 5.82 Å². The van der Waals surface area contributed by atoms with Gasteiger partial charge in [-0.1, -0.05) is 36.4 Å². The summed E-state index contributed by atoms with van der Waals surface area (Å²) in [6.07, 6.45) is 0. The third-order valence-electron chi connectivity index (χ3n) is 4.37. The summed E-state index contributed by atoms with van der Waals surface area (Å²) in [6, 6.07) is 22.7. The molecule has 3 aromatic carbocycles. The number of hydrogen-bond donors (Lipinski definition) is 1. The summed E-state index contributed by atoms with van der Waals surface area (Å²) in [6.45, 7) is 0. The smallest absolute Gasteiger partial charge is 0.187 e. The first kappa shape index (κ1) is 14.5. The maximum absolute atomic E-state index is 9.56. The second kappa shape index (κ2) is 5.63. The van der Waals surface area contributed by atoms with Crippen LogP contribution in [0.2, 0.25) is 0 Å². The van der Waals surface area contributed by atoms with Crippen LogP contribution < -0.4 is 0 Å². The van der Waals surface area contributed by atoms with Crippen molar-refractivity contribution in [2.75, 3.05) is 0 Å². The van der Waals surface area contributed by atoms with Gasteiger partial charge in [0.05, 0.1) is 16.7 Å². The Morgan fingerprint density at radius 3 is 2.00 bits per heavy atom. The first-order chi connectivity index (χ1) is 12.8. The lowest BCUT2D eigenvalue weighted by atomic mass is 10.1. The number of fused-ring (bicyclic) bond motifs is 2. The van der Waals surface area contributed by atoms with E-state index in [4.69, 9.17) is 4.98 Å².